The second-order valence-electron chi connectivity index (χ2n) is 2.23. The molecule has 10 heteroatoms. The fourth-order valence-corrected chi connectivity index (χ4v) is 0.654. The van der Waals surface area contributed by atoms with E-state index in [1.807, 2.05) is 0 Å². The van der Waals surface area contributed by atoms with E-state index in [0.717, 1.165) is 0 Å². The van der Waals surface area contributed by atoms with E-state index < -0.39 is 23.6 Å². The summed E-state index contributed by atoms with van der Waals surface area (Å²) in [6.07, 6.45) is -4.68. The van der Waals surface area contributed by atoms with Crippen LogP contribution in [0.25, 0.3) is 0 Å². The van der Waals surface area contributed by atoms with Crippen molar-refractivity contribution in [2.24, 2.45) is 0 Å². The van der Waals surface area contributed by atoms with Crippen molar-refractivity contribution in [1.29, 1.82) is 0 Å². The first-order chi connectivity index (χ1) is 5.71. The van der Waals surface area contributed by atoms with Crippen molar-refractivity contribution >= 4 is 12.6 Å². The van der Waals surface area contributed by atoms with Crippen molar-refractivity contribution in [3.8, 4) is 0 Å². The van der Waals surface area contributed by atoms with Gasteiger partial charge < -0.3 is 12.9 Å². The van der Waals surface area contributed by atoms with Crippen LogP contribution in [0.5, 0.6) is 0 Å². The second-order valence-corrected chi connectivity index (χ2v) is 2.23. The van der Waals surface area contributed by atoms with E-state index >= 15 is 0 Å². The van der Waals surface area contributed by atoms with E-state index in [9.17, 15) is 26.1 Å². The standard InChI is InChI=1S/C4H2BF6N2.K/c6-4(7,8)13-2-1-3(12-13)5(9,10)11;/h1-2H;/q-1;+1. The third kappa shape index (κ3) is 3.57. The van der Waals surface area contributed by atoms with E-state index in [-0.39, 0.29) is 63.6 Å². The van der Waals surface area contributed by atoms with Crippen LogP contribution in [-0.4, -0.2) is 16.8 Å². The van der Waals surface area contributed by atoms with E-state index in [2.05, 4.69) is 5.10 Å². The Labute approximate surface area is 117 Å². The van der Waals surface area contributed by atoms with E-state index in [1.54, 1.807) is 0 Å². The monoisotopic (exact) mass is 242 g/mol. The fraction of sp³-hybridized carbons (Fsp3) is 0.250. The van der Waals surface area contributed by atoms with Gasteiger partial charge in [0.2, 0.25) is 0 Å². The molecule has 1 heterocycles. The Balaban J connectivity index is 0.00000169. The predicted molar refractivity (Wildman–Crippen MR) is 32.2 cm³/mol. The maximum atomic E-state index is 11.8. The molecule has 0 fully saturated rings. The summed E-state index contributed by atoms with van der Waals surface area (Å²) in [5.41, 5.74) is -1.50. The van der Waals surface area contributed by atoms with Gasteiger partial charge in [0.1, 0.15) is 0 Å². The molecule has 0 unspecified atom stereocenters. The molecule has 0 spiro atoms. The fourth-order valence-electron chi connectivity index (χ4n) is 0.654. The van der Waals surface area contributed by atoms with E-state index in [4.69, 9.17) is 0 Å². The molecule has 0 saturated heterocycles. The Hall–Kier alpha value is 0.491. The van der Waals surface area contributed by atoms with Crippen LogP contribution >= 0.6 is 0 Å². The van der Waals surface area contributed by atoms with Gasteiger partial charge in [-0.1, -0.05) is 6.07 Å². The molecule has 1 rings (SSSR count). The molecule has 0 aromatic carbocycles. The summed E-state index contributed by atoms with van der Waals surface area (Å²) in [5, 5.41) is 2.35. The number of halogens is 6. The second kappa shape index (κ2) is 4.56. The summed E-state index contributed by atoms with van der Waals surface area (Å²) in [4.78, 5) is 0. The van der Waals surface area contributed by atoms with Crippen LogP contribution in [0.1, 0.15) is 0 Å². The Morgan fingerprint density at radius 1 is 1.21 bits per heavy atom. The zero-order chi connectivity index (χ0) is 10.3. The molecule has 0 aliphatic carbocycles. The Kier molecular flexibility index (Phi) is 4.72. The average molecular weight is 242 g/mol. The van der Waals surface area contributed by atoms with Gasteiger partial charge in [0, 0.05) is 11.8 Å². The van der Waals surface area contributed by atoms with Crippen LogP contribution in [-0.2, 0) is 6.30 Å². The molecule has 14 heavy (non-hydrogen) atoms. The summed E-state index contributed by atoms with van der Waals surface area (Å²) in [7, 11) is 0. The SMILES string of the molecule is F[B-](F)(F)c1ccn(C(F)(F)F)n1.[K+]. The molecule has 0 saturated carbocycles. The first kappa shape index (κ1) is 14.5. The molecular formula is C4H2BF6KN2. The van der Waals surface area contributed by atoms with Crippen LogP contribution in [0.15, 0.2) is 12.3 Å². The quantitative estimate of drug-likeness (QED) is 0.429. The van der Waals surface area contributed by atoms with Gasteiger partial charge in [0.25, 0.3) is 0 Å². The number of alkyl halides is 3. The van der Waals surface area contributed by atoms with Gasteiger partial charge in [-0.3, -0.25) is 0 Å². The van der Waals surface area contributed by atoms with Gasteiger partial charge in [-0.2, -0.15) is 4.68 Å². The maximum Gasteiger partial charge on any atom is 1.00 e. The number of rotatable bonds is 1. The van der Waals surface area contributed by atoms with Crippen molar-refractivity contribution in [3.63, 3.8) is 0 Å². The summed E-state index contributed by atoms with van der Waals surface area (Å²) in [6, 6.07) is 0.285. The zero-order valence-corrected chi connectivity index (χ0v) is 10.0. The average Bonchev–Trinajstić information content (AvgIpc) is 2.28. The number of hydrogen-bond acceptors (Lipinski definition) is 1. The van der Waals surface area contributed by atoms with Crippen LogP contribution < -0.4 is 57.0 Å². The minimum atomic E-state index is -5.47. The van der Waals surface area contributed by atoms with Gasteiger partial charge in [0.05, 0.1) is 0 Å². The molecule has 2 nitrogen and oxygen atoms in total. The molecule has 0 amide bonds. The number of nitrogens with zero attached hydrogens (tertiary/aromatic N) is 2. The predicted octanol–water partition coefficient (Wildman–Crippen LogP) is -1.58. The first-order valence-electron chi connectivity index (χ1n) is 3.04. The number of aromatic nitrogens is 2. The van der Waals surface area contributed by atoms with Crippen LogP contribution in [0.3, 0.4) is 0 Å². The molecule has 0 aliphatic rings. The third-order valence-corrected chi connectivity index (χ3v) is 1.20. The molecule has 0 radical (unpaired) electrons. The molecule has 0 bridgehead atoms. The first-order valence-corrected chi connectivity index (χ1v) is 3.04. The van der Waals surface area contributed by atoms with Gasteiger partial charge in [-0.25, -0.2) is 5.10 Å². The normalized spacial score (nSPS) is 12.4. The van der Waals surface area contributed by atoms with Gasteiger partial charge >= 0.3 is 64.7 Å². The van der Waals surface area contributed by atoms with Gasteiger partial charge in [-0.05, 0) is 0 Å². The summed E-state index contributed by atoms with van der Waals surface area (Å²) >= 11 is 0. The van der Waals surface area contributed by atoms with Crippen LogP contribution in [0, 0.1) is 0 Å². The third-order valence-electron chi connectivity index (χ3n) is 1.20. The maximum absolute atomic E-state index is 11.8. The zero-order valence-electron chi connectivity index (χ0n) is 6.89. The summed E-state index contributed by atoms with van der Waals surface area (Å²) in [6.45, 7) is -5.47. The largest absolute Gasteiger partial charge is 1.00 e. The van der Waals surface area contributed by atoms with Gasteiger partial charge in [0.15, 0.2) is 0 Å². The molecule has 0 atom stereocenters. The topological polar surface area (TPSA) is 17.8 Å². The number of hydrogen-bond donors (Lipinski definition) is 0. The minimum absolute atomic E-state index is 0. The Morgan fingerprint density at radius 2 is 1.71 bits per heavy atom. The van der Waals surface area contributed by atoms with Crippen molar-refractivity contribution in [2.75, 3.05) is 0 Å². The van der Waals surface area contributed by atoms with E-state index in [1.165, 1.54) is 0 Å². The molecule has 0 aliphatic heterocycles. The Morgan fingerprint density at radius 3 is 1.93 bits per heavy atom. The van der Waals surface area contributed by atoms with Crippen molar-refractivity contribution in [3.05, 3.63) is 12.3 Å². The molecule has 1 aromatic rings. The van der Waals surface area contributed by atoms with Crippen molar-refractivity contribution < 1.29 is 77.5 Å². The smallest absolute Gasteiger partial charge is 0.444 e. The van der Waals surface area contributed by atoms with Crippen molar-refractivity contribution in [2.45, 2.75) is 6.30 Å². The minimum Gasteiger partial charge on any atom is -0.444 e. The molecular weight excluding hydrogens is 240 g/mol. The Bertz CT molecular complexity index is 275. The summed E-state index contributed by atoms with van der Waals surface area (Å²) in [5.74, 6) is 0. The molecule has 1 aromatic heterocycles. The van der Waals surface area contributed by atoms with Crippen LogP contribution in [0.2, 0.25) is 0 Å². The van der Waals surface area contributed by atoms with Gasteiger partial charge in [-0.15, -0.1) is 13.2 Å². The van der Waals surface area contributed by atoms with E-state index in [0.29, 0.717) is 0 Å². The summed E-state index contributed by atoms with van der Waals surface area (Å²) < 4.78 is 69.9. The molecule has 74 valence electrons. The van der Waals surface area contributed by atoms with Crippen LogP contribution in [0.4, 0.5) is 26.1 Å². The van der Waals surface area contributed by atoms with Crippen molar-refractivity contribution in [1.82, 2.24) is 9.78 Å². The molecule has 0 N–H and O–H groups in total.